The average molecular weight is 240 g/mol. The molecule has 0 spiro atoms. The number of hydrogen-bond acceptors (Lipinski definition) is 0. The molecule has 88 valence electrons. The molecule has 0 radical (unpaired) electrons. The highest BCUT2D eigenvalue weighted by Gasteiger charge is 2.20. The molecule has 1 atom stereocenters. The molecule has 0 bridgehead atoms. The van der Waals surface area contributed by atoms with Crippen molar-refractivity contribution in [2.24, 2.45) is 0 Å². The van der Waals surface area contributed by atoms with Crippen molar-refractivity contribution in [1.29, 1.82) is 0 Å². The third-order valence-electron chi connectivity index (χ3n) is 3.49. The van der Waals surface area contributed by atoms with Gasteiger partial charge >= 0.3 is 0 Å². The summed E-state index contributed by atoms with van der Waals surface area (Å²) in [5.74, 6) is 0. The van der Waals surface area contributed by atoms with Gasteiger partial charge in [-0.15, -0.1) is 13.2 Å². The maximum atomic E-state index is 3.87. The lowest BCUT2D eigenvalue weighted by molar-refractivity contribution is 0.842. The number of hydrogen-bond donors (Lipinski definition) is 0. The number of fused-ring (bicyclic) bond motifs is 1. The molecule has 0 fully saturated rings. The first-order valence-electron chi connectivity index (χ1n) is 6.34. The first kappa shape index (κ1) is 12.1. The smallest absolute Gasteiger partial charge is 0.0374 e. The Labute approximate surface area is 107 Å². The standard InChI is InChI=1S/C16H20Si/c1-3-7-14(8-4-2)17-16-12-11-13-9-5-6-10-15(13)16/h3-6,9-12,14,16H,1-2,7-8,17H2. The first-order valence-corrected chi connectivity index (χ1v) is 7.97. The predicted molar refractivity (Wildman–Crippen MR) is 80.1 cm³/mol. The summed E-state index contributed by atoms with van der Waals surface area (Å²) in [5.41, 5.74) is 4.49. The topological polar surface area (TPSA) is 0 Å². The molecular weight excluding hydrogens is 220 g/mol. The molecule has 1 unspecified atom stereocenters. The van der Waals surface area contributed by atoms with Crippen molar-refractivity contribution < 1.29 is 0 Å². The lowest BCUT2D eigenvalue weighted by atomic mass is 10.1. The fourth-order valence-corrected chi connectivity index (χ4v) is 5.14. The highest BCUT2D eigenvalue weighted by atomic mass is 28.2. The number of rotatable bonds is 6. The van der Waals surface area contributed by atoms with E-state index >= 15 is 0 Å². The second kappa shape index (κ2) is 5.83. The van der Waals surface area contributed by atoms with E-state index in [2.05, 4.69) is 61.7 Å². The summed E-state index contributed by atoms with van der Waals surface area (Å²) in [6, 6.07) is 8.78. The minimum absolute atomic E-state index is 0.158. The number of benzene rings is 1. The molecule has 0 aromatic heterocycles. The van der Waals surface area contributed by atoms with Crippen molar-refractivity contribution >= 4 is 15.6 Å². The molecule has 0 aliphatic heterocycles. The summed E-state index contributed by atoms with van der Waals surface area (Å²) in [5, 5.41) is 0. The predicted octanol–water partition coefficient (Wildman–Crippen LogP) is 3.86. The normalized spacial score (nSPS) is 17.8. The molecule has 0 saturated carbocycles. The fraction of sp³-hybridized carbons (Fsp3) is 0.250. The van der Waals surface area contributed by atoms with Gasteiger partial charge in [-0.05, 0) is 35.1 Å². The minimum Gasteiger partial charge on any atom is -0.103 e. The Morgan fingerprint density at radius 1 is 1.18 bits per heavy atom. The van der Waals surface area contributed by atoms with Crippen LogP contribution < -0.4 is 0 Å². The Balaban J connectivity index is 2.07. The average Bonchev–Trinajstić information content (AvgIpc) is 2.74. The van der Waals surface area contributed by atoms with E-state index in [0.717, 1.165) is 23.9 Å². The van der Waals surface area contributed by atoms with E-state index < -0.39 is 0 Å². The van der Waals surface area contributed by atoms with Gasteiger partial charge in [0.2, 0.25) is 0 Å². The van der Waals surface area contributed by atoms with Crippen molar-refractivity contribution in [3.63, 3.8) is 0 Å². The van der Waals surface area contributed by atoms with Crippen molar-refractivity contribution in [2.45, 2.75) is 23.9 Å². The van der Waals surface area contributed by atoms with Gasteiger partial charge in [0.1, 0.15) is 0 Å². The van der Waals surface area contributed by atoms with E-state index in [0.29, 0.717) is 0 Å². The molecular formula is C16H20Si. The van der Waals surface area contributed by atoms with Gasteiger partial charge in [0, 0.05) is 9.52 Å². The van der Waals surface area contributed by atoms with Gasteiger partial charge in [0.05, 0.1) is 0 Å². The van der Waals surface area contributed by atoms with Gasteiger partial charge in [0.15, 0.2) is 0 Å². The van der Waals surface area contributed by atoms with Gasteiger partial charge < -0.3 is 0 Å². The Morgan fingerprint density at radius 2 is 1.88 bits per heavy atom. The minimum atomic E-state index is -0.158. The lowest BCUT2D eigenvalue weighted by Gasteiger charge is -2.17. The van der Waals surface area contributed by atoms with Gasteiger partial charge in [-0.3, -0.25) is 0 Å². The molecule has 17 heavy (non-hydrogen) atoms. The van der Waals surface area contributed by atoms with Crippen LogP contribution in [0.25, 0.3) is 6.08 Å². The fourth-order valence-electron chi connectivity index (χ4n) is 2.65. The Kier molecular flexibility index (Phi) is 4.16. The van der Waals surface area contributed by atoms with Crippen LogP contribution in [-0.2, 0) is 0 Å². The van der Waals surface area contributed by atoms with E-state index in [1.807, 2.05) is 0 Å². The van der Waals surface area contributed by atoms with Crippen LogP contribution in [-0.4, -0.2) is 9.52 Å². The van der Waals surface area contributed by atoms with E-state index in [1.165, 1.54) is 11.1 Å². The summed E-state index contributed by atoms with van der Waals surface area (Å²) < 4.78 is 0. The second-order valence-corrected chi connectivity index (χ2v) is 7.25. The zero-order valence-corrected chi connectivity index (χ0v) is 11.7. The van der Waals surface area contributed by atoms with E-state index in [9.17, 15) is 0 Å². The molecule has 0 N–H and O–H groups in total. The third-order valence-corrected chi connectivity index (χ3v) is 6.04. The van der Waals surface area contributed by atoms with Crippen LogP contribution in [0.15, 0.2) is 55.7 Å². The monoisotopic (exact) mass is 240 g/mol. The third kappa shape index (κ3) is 2.86. The maximum absolute atomic E-state index is 3.87. The summed E-state index contributed by atoms with van der Waals surface area (Å²) in [6.45, 7) is 7.74. The summed E-state index contributed by atoms with van der Waals surface area (Å²) in [4.78, 5) is 0. The Hall–Kier alpha value is -1.34. The maximum Gasteiger partial charge on any atom is 0.0374 e. The van der Waals surface area contributed by atoms with E-state index in [1.54, 1.807) is 0 Å². The number of allylic oxidation sites excluding steroid dienone is 3. The van der Waals surface area contributed by atoms with Crippen LogP contribution >= 0.6 is 0 Å². The highest BCUT2D eigenvalue weighted by molar-refractivity contribution is 6.41. The van der Waals surface area contributed by atoms with Gasteiger partial charge in [0.25, 0.3) is 0 Å². The molecule has 1 aromatic rings. The largest absolute Gasteiger partial charge is 0.103 e. The van der Waals surface area contributed by atoms with Crippen LogP contribution in [0.5, 0.6) is 0 Å². The molecule has 1 aliphatic rings. The Morgan fingerprint density at radius 3 is 2.59 bits per heavy atom. The SMILES string of the molecule is C=CCC(CC=C)[SiH2]C1C=Cc2ccccc21. The molecule has 0 heterocycles. The zero-order valence-electron chi connectivity index (χ0n) is 10.3. The molecule has 0 saturated heterocycles. The molecule has 1 heteroatoms. The van der Waals surface area contributed by atoms with Gasteiger partial charge in [-0.25, -0.2) is 0 Å². The summed E-state index contributed by atoms with van der Waals surface area (Å²) in [6.07, 6.45) is 11.1. The molecule has 0 nitrogen and oxygen atoms in total. The molecule has 2 rings (SSSR count). The van der Waals surface area contributed by atoms with Crippen LogP contribution in [0.1, 0.15) is 29.5 Å². The van der Waals surface area contributed by atoms with Gasteiger partial charge in [-0.1, -0.05) is 48.6 Å². The quantitative estimate of drug-likeness (QED) is 0.523. The lowest BCUT2D eigenvalue weighted by Crippen LogP contribution is -2.11. The highest BCUT2D eigenvalue weighted by Crippen LogP contribution is 2.33. The van der Waals surface area contributed by atoms with E-state index in [-0.39, 0.29) is 9.52 Å². The molecule has 1 aromatic carbocycles. The van der Waals surface area contributed by atoms with E-state index in [4.69, 9.17) is 0 Å². The zero-order chi connectivity index (χ0) is 12.1. The van der Waals surface area contributed by atoms with Crippen molar-refractivity contribution in [1.82, 2.24) is 0 Å². The molecule has 0 amide bonds. The van der Waals surface area contributed by atoms with Crippen molar-refractivity contribution in [3.8, 4) is 0 Å². The van der Waals surface area contributed by atoms with Crippen LogP contribution in [0, 0.1) is 0 Å². The summed E-state index contributed by atoms with van der Waals surface area (Å²) >= 11 is 0. The summed E-state index contributed by atoms with van der Waals surface area (Å²) in [7, 11) is -0.158. The van der Waals surface area contributed by atoms with Crippen LogP contribution in [0.2, 0.25) is 5.54 Å². The van der Waals surface area contributed by atoms with Crippen LogP contribution in [0.4, 0.5) is 0 Å². The van der Waals surface area contributed by atoms with Crippen LogP contribution in [0.3, 0.4) is 0 Å². The Bertz CT molecular complexity index is 421. The first-order chi connectivity index (χ1) is 8.35. The second-order valence-electron chi connectivity index (χ2n) is 4.75. The molecule has 1 aliphatic carbocycles. The van der Waals surface area contributed by atoms with Crippen molar-refractivity contribution in [3.05, 3.63) is 66.8 Å². The van der Waals surface area contributed by atoms with Crippen molar-refractivity contribution in [2.75, 3.05) is 0 Å². The van der Waals surface area contributed by atoms with Gasteiger partial charge in [-0.2, -0.15) is 0 Å².